The first kappa shape index (κ1) is 12.6. The molecule has 5 heteroatoms. The molecule has 0 radical (unpaired) electrons. The van der Waals surface area contributed by atoms with Gasteiger partial charge in [0.05, 0.1) is 13.1 Å². The minimum atomic E-state index is -0.543. The Morgan fingerprint density at radius 1 is 1.35 bits per heavy atom. The molecule has 4 heterocycles. The van der Waals surface area contributed by atoms with Crippen LogP contribution in [0.2, 0.25) is 0 Å². The van der Waals surface area contributed by atoms with E-state index in [1.54, 1.807) is 13.2 Å². The molecule has 3 N–H and O–H groups in total. The lowest BCUT2D eigenvalue weighted by Gasteiger charge is -2.50. The summed E-state index contributed by atoms with van der Waals surface area (Å²) in [6.45, 7) is 2.32. The second kappa shape index (κ2) is 4.43. The average molecular weight is 277 g/mol. The number of piperidine rings is 3. The summed E-state index contributed by atoms with van der Waals surface area (Å²) in [4.78, 5) is 7.47. The van der Waals surface area contributed by atoms with Crippen LogP contribution in [0.1, 0.15) is 24.4 Å². The number of quaternary nitrogens is 1. The molecule has 20 heavy (non-hydrogen) atoms. The molecule has 0 amide bonds. The first-order valence-electron chi connectivity index (χ1n) is 7.37. The van der Waals surface area contributed by atoms with Crippen molar-refractivity contribution in [2.75, 3.05) is 20.2 Å². The second-order valence-corrected chi connectivity index (χ2v) is 6.09. The van der Waals surface area contributed by atoms with Crippen molar-refractivity contribution in [2.24, 2.45) is 5.92 Å². The third kappa shape index (κ3) is 1.52. The number of phenolic OH excluding ortho intramolecular Hbond substituents is 1. The van der Waals surface area contributed by atoms with Crippen LogP contribution in [0, 0.1) is 5.92 Å². The van der Waals surface area contributed by atoms with Gasteiger partial charge in [0.1, 0.15) is 11.8 Å². The van der Waals surface area contributed by atoms with E-state index in [-0.39, 0.29) is 12.1 Å². The van der Waals surface area contributed by atoms with Gasteiger partial charge in [-0.25, -0.2) is 0 Å². The number of hydrogen-bond acceptors (Lipinski definition) is 4. The minimum absolute atomic E-state index is 0.0192. The Hall–Kier alpha value is -1.14. The molecule has 0 aliphatic carbocycles. The van der Waals surface area contributed by atoms with Crippen molar-refractivity contribution in [3.05, 3.63) is 29.8 Å². The summed E-state index contributed by atoms with van der Waals surface area (Å²) in [5.74, 6) is 0.222. The van der Waals surface area contributed by atoms with Crippen molar-refractivity contribution < 1.29 is 19.6 Å². The van der Waals surface area contributed by atoms with Crippen LogP contribution in [0.25, 0.3) is 0 Å². The molecule has 5 nitrogen and oxygen atoms in total. The van der Waals surface area contributed by atoms with Crippen molar-refractivity contribution >= 4 is 0 Å². The number of ether oxygens (including phenoxy) is 1. The van der Waals surface area contributed by atoms with Crippen molar-refractivity contribution in [1.82, 2.24) is 5.48 Å². The van der Waals surface area contributed by atoms with E-state index in [1.807, 2.05) is 18.2 Å². The van der Waals surface area contributed by atoms with Crippen LogP contribution in [-0.2, 0) is 9.57 Å². The summed E-state index contributed by atoms with van der Waals surface area (Å²) >= 11 is 0. The predicted octanol–water partition coefficient (Wildman–Crippen LogP) is -0.0121. The lowest BCUT2D eigenvalue weighted by atomic mass is 9.74. The minimum Gasteiger partial charge on any atom is -0.508 e. The van der Waals surface area contributed by atoms with Crippen LogP contribution >= 0.6 is 0 Å². The standard InChI is InChI=1S/C15H20N2O3/c1-19-15-10-6-8-17(9-7-10)14(15)13(16-20-15)11-4-2-3-5-12(11)18/h2-5,10,13-14,16,18H,6-9H2,1H3/p+1/t13-,14-,15-/m0/s1. The SMILES string of the molecule is CO[C@@]12ON[C@@H](c3ccccc3O)[C@@H]1[NH+]1CCC2CC1. The van der Waals surface area contributed by atoms with Crippen molar-refractivity contribution in [3.8, 4) is 5.75 Å². The lowest BCUT2D eigenvalue weighted by Crippen LogP contribution is -3.21. The number of methoxy groups -OCH3 is 1. The van der Waals surface area contributed by atoms with E-state index in [2.05, 4.69) is 5.48 Å². The Bertz CT molecular complexity index is 516. The monoisotopic (exact) mass is 277 g/mol. The van der Waals surface area contributed by atoms with E-state index in [9.17, 15) is 5.11 Å². The molecule has 5 rings (SSSR count). The Morgan fingerprint density at radius 3 is 2.80 bits per heavy atom. The van der Waals surface area contributed by atoms with Crippen molar-refractivity contribution in [1.29, 1.82) is 0 Å². The second-order valence-electron chi connectivity index (χ2n) is 6.09. The van der Waals surface area contributed by atoms with E-state index in [4.69, 9.17) is 9.57 Å². The van der Waals surface area contributed by atoms with E-state index in [1.165, 1.54) is 4.90 Å². The Kier molecular flexibility index (Phi) is 2.79. The molecule has 1 aromatic carbocycles. The van der Waals surface area contributed by atoms with Crippen LogP contribution in [0.4, 0.5) is 0 Å². The summed E-state index contributed by atoms with van der Waals surface area (Å²) in [7, 11) is 1.74. The maximum absolute atomic E-state index is 10.1. The van der Waals surface area contributed by atoms with Gasteiger partial charge in [-0.3, -0.25) is 4.84 Å². The maximum atomic E-state index is 10.1. The first-order valence-corrected chi connectivity index (χ1v) is 7.37. The molecule has 4 aliphatic rings. The Morgan fingerprint density at radius 2 is 2.10 bits per heavy atom. The van der Waals surface area contributed by atoms with Gasteiger partial charge in [-0.15, -0.1) is 0 Å². The Balaban J connectivity index is 1.76. The molecule has 108 valence electrons. The van der Waals surface area contributed by atoms with Crippen LogP contribution < -0.4 is 10.4 Å². The zero-order chi connectivity index (χ0) is 13.7. The molecule has 0 aromatic heterocycles. The predicted molar refractivity (Wildman–Crippen MR) is 72.0 cm³/mol. The van der Waals surface area contributed by atoms with Gasteiger partial charge in [0, 0.05) is 31.4 Å². The van der Waals surface area contributed by atoms with Crippen molar-refractivity contribution in [2.45, 2.75) is 30.7 Å². The summed E-state index contributed by atoms with van der Waals surface area (Å²) in [5, 5.41) is 10.1. The number of hydrogen-bond donors (Lipinski definition) is 3. The van der Waals surface area contributed by atoms with Crippen LogP contribution in [0.5, 0.6) is 5.75 Å². The molecular weight excluding hydrogens is 256 g/mol. The topological polar surface area (TPSA) is 55.2 Å². The number of fused-ring (bicyclic) bond motifs is 2. The molecule has 2 bridgehead atoms. The highest BCUT2D eigenvalue weighted by Gasteiger charge is 2.66. The number of phenols is 1. The molecular formula is C15H21N2O3+. The summed E-state index contributed by atoms with van der Waals surface area (Å²) in [6.07, 6.45) is 2.30. The smallest absolute Gasteiger partial charge is 0.244 e. The normalized spacial score (nSPS) is 42.6. The van der Waals surface area contributed by atoms with Gasteiger partial charge in [0.15, 0.2) is 6.04 Å². The highest BCUT2D eigenvalue weighted by atomic mass is 16.8. The quantitative estimate of drug-likeness (QED) is 0.711. The third-order valence-corrected chi connectivity index (χ3v) is 5.34. The highest BCUT2D eigenvalue weighted by molar-refractivity contribution is 5.36. The lowest BCUT2D eigenvalue weighted by molar-refractivity contribution is -0.955. The molecule has 4 aliphatic heterocycles. The summed E-state index contributed by atoms with van der Waals surface area (Å²) < 4.78 is 5.84. The number of benzene rings is 1. The maximum Gasteiger partial charge on any atom is 0.244 e. The molecule has 4 fully saturated rings. The fraction of sp³-hybridized carbons (Fsp3) is 0.600. The third-order valence-electron chi connectivity index (χ3n) is 5.34. The van der Waals surface area contributed by atoms with Gasteiger partial charge < -0.3 is 14.7 Å². The van der Waals surface area contributed by atoms with Gasteiger partial charge in [-0.2, -0.15) is 5.48 Å². The zero-order valence-corrected chi connectivity index (χ0v) is 11.6. The molecule has 0 saturated carbocycles. The number of nitrogens with one attached hydrogen (secondary N) is 2. The Labute approximate surface area is 118 Å². The number of hydroxylamine groups is 1. The van der Waals surface area contributed by atoms with Crippen LogP contribution in [0.3, 0.4) is 0 Å². The van der Waals surface area contributed by atoms with Gasteiger partial charge in [-0.1, -0.05) is 18.2 Å². The average Bonchev–Trinajstić information content (AvgIpc) is 2.92. The van der Waals surface area contributed by atoms with Crippen molar-refractivity contribution in [3.63, 3.8) is 0 Å². The van der Waals surface area contributed by atoms with Gasteiger partial charge in [0.2, 0.25) is 5.79 Å². The fourth-order valence-corrected chi connectivity index (χ4v) is 4.41. The van der Waals surface area contributed by atoms with Gasteiger partial charge in [-0.05, 0) is 6.07 Å². The molecule has 0 spiro atoms. The number of rotatable bonds is 2. The van der Waals surface area contributed by atoms with Crippen LogP contribution in [-0.4, -0.2) is 37.1 Å². The van der Waals surface area contributed by atoms with E-state index < -0.39 is 5.79 Å². The molecule has 0 unspecified atom stereocenters. The molecule has 4 saturated heterocycles. The highest BCUT2D eigenvalue weighted by Crippen LogP contribution is 2.45. The fourth-order valence-electron chi connectivity index (χ4n) is 4.41. The number of aromatic hydroxyl groups is 1. The van der Waals surface area contributed by atoms with E-state index >= 15 is 0 Å². The van der Waals surface area contributed by atoms with Crippen LogP contribution in [0.15, 0.2) is 24.3 Å². The van der Waals surface area contributed by atoms with Gasteiger partial charge >= 0.3 is 0 Å². The molecule has 1 aromatic rings. The number of para-hydroxylation sites is 1. The molecule has 3 atom stereocenters. The largest absolute Gasteiger partial charge is 0.508 e. The van der Waals surface area contributed by atoms with E-state index in [0.717, 1.165) is 31.5 Å². The van der Waals surface area contributed by atoms with Gasteiger partial charge in [0.25, 0.3) is 0 Å². The summed E-state index contributed by atoms with van der Waals surface area (Å²) in [5.41, 5.74) is 4.04. The first-order chi connectivity index (χ1) is 9.76. The summed E-state index contributed by atoms with van der Waals surface area (Å²) in [6, 6.07) is 7.68. The van der Waals surface area contributed by atoms with E-state index in [0.29, 0.717) is 11.7 Å². The zero-order valence-electron chi connectivity index (χ0n) is 11.6.